The van der Waals surface area contributed by atoms with E-state index >= 15 is 0 Å². The number of hydrogen-bond donors (Lipinski definition) is 4. The average Bonchev–Trinajstić information content (AvgIpc) is 3.09. The molecule has 48 heavy (non-hydrogen) atoms. The van der Waals surface area contributed by atoms with Crippen molar-refractivity contribution in [2.24, 2.45) is 0 Å². The second-order valence-electron chi connectivity index (χ2n) is 14.2. The maximum Gasteiger partial charge on any atom is 0.249 e. The third-order valence-electron chi connectivity index (χ3n) is 9.45. The van der Waals surface area contributed by atoms with Gasteiger partial charge in [0.15, 0.2) is 0 Å². The maximum atomic E-state index is 12.4. The Bertz CT molecular complexity index is 749. The minimum absolute atomic E-state index is 0.379. The molecule has 0 aromatic heterocycles. The highest BCUT2D eigenvalue weighted by molar-refractivity contribution is 5.80. The fourth-order valence-corrected chi connectivity index (χ4v) is 6.14. The van der Waals surface area contributed by atoms with E-state index in [4.69, 9.17) is 0 Å². The van der Waals surface area contributed by atoms with E-state index < -0.39 is 24.2 Å². The van der Waals surface area contributed by atoms with Gasteiger partial charge < -0.3 is 20.6 Å². The number of amides is 1. The zero-order valence-corrected chi connectivity index (χ0v) is 31.9. The van der Waals surface area contributed by atoms with Crippen LogP contribution in [0.15, 0.2) is 36.5 Å². The molecule has 0 rings (SSSR count). The molecule has 3 unspecified atom stereocenters. The summed E-state index contributed by atoms with van der Waals surface area (Å²) in [6, 6.07) is -0.817. The van der Waals surface area contributed by atoms with E-state index in [-0.39, 0.29) is 6.61 Å². The van der Waals surface area contributed by atoms with Gasteiger partial charge in [0.25, 0.3) is 0 Å². The summed E-state index contributed by atoms with van der Waals surface area (Å²) in [7, 11) is 0. The Kier molecular flexibility index (Phi) is 37.2. The van der Waals surface area contributed by atoms with E-state index in [1.807, 2.05) is 6.08 Å². The molecule has 0 bridgehead atoms. The standard InChI is InChI=1S/C43H81NO4/c1-3-5-7-9-11-13-15-17-19-20-21-22-24-25-27-29-31-33-35-37-41(46)40(39-45)44-43(48)42(47)38-36-34-32-30-28-26-23-18-16-14-12-10-8-6-4-2/h23,26-27,29,35,37,40-42,45-47H,3-22,24-25,28,30-34,36,38-39H2,1-2H3,(H,44,48)/b26-23-,29-27+,37-35+. The van der Waals surface area contributed by atoms with Crippen molar-refractivity contribution in [1.82, 2.24) is 5.32 Å². The van der Waals surface area contributed by atoms with Crippen LogP contribution < -0.4 is 5.32 Å². The Morgan fingerprint density at radius 3 is 1.27 bits per heavy atom. The fourth-order valence-electron chi connectivity index (χ4n) is 6.14. The van der Waals surface area contributed by atoms with Crippen molar-refractivity contribution < 1.29 is 20.1 Å². The number of unbranched alkanes of at least 4 members (excludes halogenated alkanes) is 25. The smallest absolute Gasteiger partial charge is 0.249 e. The highest BCUT2D eigenvalue weighted by atomic mass is 16.3. The van der Waals surface area contributed by atoms with Gasteiger partial charge in [0.1, 0.15) is 6.10 Å². The van der Waals surface area contributed by atoms with Gasteiger partial charge in [-0.3, -0.25) is 4.79 Å². The number of aliphatic hydroxyl groups is 3. The van der Waals surface area contributed by atoms with E-state index in [1.165, 1.54) is 135 Å². The Labute approximate surface area is 298 Å². The molecule has 0 spiro atoms. The van der Waals surface area contributed by atoms with Crippen molar-refractivity contribution in [3.63, 3.8) is 0 Å². The molecule has 4 N–H and O–H groups in total. The van der Waals surface area contributed by atoms with E-state index in [1.54, 1.807) is 6.08 Å². The van der Waals surface area contributed by atoms with Gasteiger partial charge in [0.2, 0.25) is 5.91 Å². The van der Waals surface area contributed by atoms with Crippen LogP contribution in [0.25, 0.3) is 0 Å². The van der Waals surface area contributed by atoms with Crippen molar-refractivity contribution in [3.05, 3.63) is 36.5 Å². The molecular formula is C43H81NO4. The highest BCUT2D eigenvalue weighted by Gasteiger charge is 2.22. The van der Waals surface area contributed by atoms with Gasteiger partial charge in [-0.2, -0.15) is 0 Å². The first-order valence-corrected chi connectivity index (χ1v) is 20.8. The van der Waals surface area contributed by atoms with Crippen LogP contribution in [0.3, 0.4) is 0 Å². The van der Waals surface area contributed by atoms with Crippen LogP contribution in [0.2, 0.25) is 0 Å². The summed E-state index contributed by atoms with van der Waals surface area (Å²) in [5.74, 6) is -0.522. The number of rotatable bonds is 37. The summed E-state index contributed by atoms with van der Waals surface area (Å²) in [6.45, 7) is 4.16. The van der Waals surface area contributed by atoms with Crippen LogP contribution in [-0.4, -0.2) is 46.1 Å². The van der Waals surface area contributed by atoms with E-state index in [9.17, 15) is 20.1 Å². The summed E-state index contributed by atoms with van der Waals surface area (Å²) < 4.78 is 0. The normalized spacial score (nSPS) is 14.0. The second-order valence-corrected chi connectivity index (χ2v) is 14.2. The third-order valence-corrected chi connectivity index (χ3v) is 9.45. The van der Waals surface area contributed by atoms with E-state index in [0.29, 0.717) is 6.42 Å². The third kappa shape index (κ3) is 33.1. The second kappa shape index (κ2) is 38.4. The van der Waals surface area contributed by atoms with Crippen LogP contribution in [0.5, 0.6) is 0 Å². The predicted octanol–water partition coefficient (Wildman–Crippen LogP) is 11.6. The van der Waals surface area contributed by atoms with Gasteiger partial charge in [0.05, 0.1) is 18.8 Å². The molecule has 0 aliphatic rings. The van der Waals surface area contributed by atoms with Crippen LogP contribution >= 0.6 is 0 Å². The van der Waals surface area contributed by atoms with Crippen LogP contribution in [0, 0.1) is 0 Å². The lowest BCUT2D eigenvalue weighted by Gasteiger charge is -2.21. The summed E-state index contributed by atoms with van der Waals surface area (Å²) in [5.41, 5.74) is 0. The van der Waals surface area contributed by atoms with Crippen LogP contribution in [0.4, 0.5) is 0 Å². The van der Waals surface area contributed by atoms with Crippen molar-refractivity contribution in [3.8, 4) is 0 Å². The largest absolute Gasteiger partial charge is 0.394 e. The fraction of sp³-hybridized carbons (Fsp3) is 0.837. The van der Waals surface area contributed by atoms with Crippen molar-refractivity contribution >= 4 is 5.91 Å². The lowest BCUT2D eigenvalue weighted by atomic mass is 10.0. The molecule has 0 radical (unpaired) electrons. The molecule has 1 amide bonds. The molecule has 0 heterocycles. The Morgan fingerprint density at radius 1 is 0.500 bits per heavy atom. The Morgan fingerprint density at radius 2 is 0.854 bits per heavy atom. The SMILES string of the molecule is CCCCCCCCC/C=C\CCCCCCC(O)C(=O)NC(CO)C(O)/C=C/CC/C=C/CCCCCCCCCCCCCCC. The summed E-state index contributed by atoms with van der Waals surface area (Å²) >= 11 is 0. The molecule has 0 saturated heterocycles. The summed E-state index contributed by atoms with van der Waals surface area (Å²) in [6.07, 6.45) is 47.4. The molecule has 3 atom stereocenters. The number of aliphatic hydroxyl groups excluding tert-OH is 3. The summed E-state index contributed by atoms with van der Waals surface area (Å²) in [5, 5.41) is 33.0. The first-order chi connectivity index (χ1) is 23.6. The first-order valence-electron chi connectivity index (χ1n) is 20.8. The van der Waals surface area contributed by atoms with Gasteiger partial charge in [-0.05, 0) is 57.8 Å². The zero-order chi connectivity index (χ0) is 35.2. The monoisotopic (exact) mass is 676 g/mol. The zero-order valence-electron chi connectivity index (χ0n) is 31.9. The van der Waals surface area contributed by atoms with E-state index in [2.05, 4.69) is 43.5 Å². The van der Waals surface area contributed by atoms with E-state index in [0.717, 1.165) is 51.4 Å². The molecule has 0 saturated carbocycles. The minimum atomic E-state index is -1.11. The van der Waals surface area contributed by atoms with Crippen molar-refractivity contribution in [2.45, 2.75) is 225 Å². The number of carbonyl (C=O) groups is 1. The maximum absolute atomic E-state index is 12.4. The Hall–Kier alpha value is -1.43. The van der Waals surface area contributed by atoms with Gasteiger partial charge in [-0.15, -0.1) is 0 Å². The molecule has 5 nitrogen and oxygen atoms in total. The molecule has 0 aromatic carbocycles. The lowest BCUT2D eigenvalue weighted by molar-refractivity contribution is -0.131. The average molecular weight is 676 g/mol. The number of hydrogen-bond acceptors (Lipinski definition) is 4. The molecule has 0 fully saturated rings. The highest BCUT2D eigenvalue weighted by Crippen LogP contribution is 2.14. The summed E-state index contributed by atoms with van der Waals surface area (Å²) in [4.78, 5) is 12.4. The molecule has 0 aliphatic carbocycles. The van der Waals surface area contributed by atoms with Crippen molar-refractivity contribution in [1.29, 1.82) is 0 Å². The number of nitrogens with one attached hydrogen (secondary N) is 1. The quantitative estimate of drug-likeness (QED) is 0.0390. The van der Waals surface area contributed by atoms with Crippen molar-refractivity contribution in [2.75, 3.05) is 6.61 Å². The van der Waals surface area contributed by atoms with Crippen LogP contribution in [-0.2, 0) is 4.79 Å². The minimum Gasteiger partial charge on any atom is -0.394 e. The topological polar surface area (TPSA) is 89.8 Å². The predicted molar refractivity (Wildman–Crippen MR) is 208 cm³/mol. The number of allylic oxidation sites excluding steroid dienone is 5. The molecular weight excluding hydrogens is 594 g/mol. The lowest BCUT2D eigenvalue weighted by Crippen LogP contribution is -2.48. The van der Waals surface area contributed by atoms with Crippen LogP contribution in [0.1, 0.15) is 206 Å². The molecule has 0 aromatic rings. The number of carbonyl (C=O) groups excluding carboxylic acids is 1. The van der Waals surface area contributed by atoms with Gasteiger partial charge in [0, 0.05) is 0 Å². The van der Waals surface area contributed by atoms with Gasteiger partial charge in [-0.25, -0.2) is 0 Å². The van der Waals surface area contributed by atoms with Gasteiger partial charge >= 0.3 is 0 Å². The first kappa shape index (κ1) is 46.6. The molecule has 5 heteroatoms. The Balaban J connectivity index is 3.76. The van der Waals surface area contributed by atoms with Gasteiger partial charge in [-0.1, -0.05) is 185 Å². The molecule has 282 valence electrons. The molecule has 0 aliphatic heterocycles.